The molecule has 2 aliphatic heterocycles. The van der Waals surface area contributed by atoms with Gasteiger partial charge in [-0.25, -0.2) is 4.39 Å². The second kappa shape index (κ2) is 6.23. The van der Waals surface area contributed by atoms with Gasteiger partial charge in [0.1, 0.15) is 5.82 Å². The third-order valence-corrected chi connectivity index (χ3v) is 3.31. The number of hydrogen-bond donors (Lipinski definition) is 2. The molecule has 0 bridgehead atoms. The molecule has 0 unspecified atom stereocenters. The van der Waals surface area contributed by atoms with Crippen molar-refractivity contribution < 1.29 is 9.23 Å². The topological polar surface area (TPSA) is 36.5 Å². The second-order valence-electron chi connectivity index (χ2n) is 4.60. The summed E-state index contributed by atoms with van der Waals surface area (Å²) in [5.41, 5.74) is 3.77. The van der Waals surface area contributed by atoms with Crippen LogP contribution in [0.2, 0.25) is 0 Å². The number of hydrazine groups is 1. The van der Waals surface area contributed by atoms with Crippen LogP contribution in [0.4, 0.5) is 4.39 Å². The van der Waals surface area contributed by atoms with Gasteiger partial charge < -0.3 is 10.2 Å². The van der Waals surface area contributed by atoms with Gasteiger partial charge in [0.15, 0.2) is 5.76 Å². The first kappa shape index (κ1) is 14.1. The smallest absolute Gasteiger partial charge is 0.174 e. The second-order valence-corrected chi connectivity index (χ2v) is 4.60. The summed E-state index contributed by atoms with van der Waals surface area (Å²) in [6.07, 6.45) is 4.24. The maximum atomic E-state index is 12.8. The first-order chi connectivity index (χ1) is 8.83. The molecule has 2 N–H and O–H groups in total. The van der Waals surface area contributed by atoms with Crippen molar-refractivity contribution in [2.24, 2.45) is 0 Å². The molecular formula is C13H17ClFN3O. The Bertz CT molecular complexity index is 446. The minimum atomic E-state index is -0.237. The molecule has 2 aliphatic rings. The Labute approximate surface area is 118 Å². The van der Waals surface area contributed by atoms with Crippen LogP contribution in [0.5, 0.6) is 0 Å². The van der Waals surface area contributed by atoms with Crippen molar-refractivity contribution in [1.82, 2.24) is 15.9 Å². The first-order valence-electron chi connectivity index (χ1n) is 6.22. The van der Waals surface area contributed by atoms with Gasteiger partial charge in [-0.3, -0.25) is 5.01 Å². The highest BCUT2D eigenvalue weighted by Crippen LogP contribution is 2.22. The molecule has 0 radical (unpaired) electrons. The molecule has 1 saturated heterocycles. The van der Waals surface area contributed by atoms with E-state index in [9.17, 15) is 4.39 Å². The fraction of sp³-hybridized carbons (Fsp3) is 0.385. The van der Waals surface area contributed by atoms with Crippen molar-refractivity contribution in [2.45, 2.75) is 18.9 Å². The van der Waals surface area contributed by atoms with E-state index in [1.807, 2.05) is 11.2 Å². The predicted molar refractivity (Wildman–Crippen MR) is 73.6 cm³/mol. The Morgan fingerprint density at radius 3 is 2.74 bits per heavy atom. The number of benzene rings is 1. The Morgan fingerprint density at radius 2 is 2.05 bits per heavy atom. The summed E-state index contributed by atoms with van der Waals surface area (Å²) in [6, 6.07) is 6.70. The van der Waals surface area contributed by atoms with Gasteiger partial charge >= 0.3 is 0 Å². The molecule has 3 rings (SSSR count). The van der Waals surface area contributed by atoms with E-state index in [1.54, 1.807) is 12.1 Å². The van der Waals surface area contributed by atoms with E-state index < -0.39 is 0 Å². The van der Waals surface area contributed by atoms with Crippen LogP contribution in [0.15, 0.2) is 30.5 Å². The van der Waals surface area contributed by atoms with Crippen LogP contribution in [0.3, 0.4) is 0 Å². The first-order valence-corrected chi connectivity index (χ1v) is 6.22. The monoisotopic (exact) mass is 285 g/mol. The van der Waals surface area contributed by atoms with Crippen molar-refractivity contribution in [3.8, 4) is 0 Å². The highest BCUT2D eigenvalue weighted by atomic mass is 35.5. The zero-order valence-corrected chi connectivity index (χ0v) is 11.3. The van der Waals surface area contributed by atoms with Crippen LogP contribution in [0, 0.1) is 5.82 Å². The van der Waals surface area contributed by atoms with E-state index in [1.165, 1.54) is 18.6 Å². The SMILES string of the molecule is Cl.Fc1ccc(C2=CN([C@H]3CCCNC3)NO2)cc1. The third-order valence-electron chi connectivity index (χ3n) is 3.31. The quantitative estimate of drug-likeness (QED) is 0.872. The molecule has 0 spiro atoms. The Morgan fingerprint density at radius 1 is 1.26 bits per heavy atom. The van der Waals surface area contributed by atoms with Crippen molar-refractivity contribution in [3.05, 3.63) is 41.8 Å². The van der Waals surface area contributed by atoms with Crippen molar-refractivity contribution >= 4 is 18.2 Å². The third kappa shape index (κ3) is 3.18. The Hall–Kier alpha value is -1.30. The van der Waals surface area contributed by atoms with Crippen LogP contribution < -0.4 is 10.9 Å². The lowest BCUT2D eigenvalue weighted by atomic mass is 10.1. The highest BCUT2D eigenvalue weighted by Gasteiger charge is 2.24. The summed E-state index contributed by atoms with van der Waals surface area (Å²) in [5, 5.41) is 5.33. The van der Waals surface area contributed by atoms with E-state index in [4.69, 9.17) is 4.84 Å². The van der Waals surface area contributed by atoms with Gasteiger partial charge in [-0.2, -0.15) is 0 Å². The lowest BCUT2D eigenvalue weighted by Gasteiger charge is -2.29. The molecule has 0 saturated carbocycles. The average Bonchev–Trinajstić information content (AvgIpc) is 2.90. The summed E-state index contributed by atoms with van der Waals surface area (Å²) in [4.78, 5) is 5.43. The molecule has 0 aromatic heterocycles. The highest BCUT2D eigenvalue weighted by molar-refractivity contribution is 5.85. The lowest BCUT2D eigenvalue weighted by molar-refractivity contribution is 0.0132. The number of nitrogens with one attached hydrogen (secondary N) is 2. The molecule has 1 aromatic carbocycles. The van der Waals surface area contributed by atoms with E-state index in [0.717, 1.165) is 30.8 Å². The molecule has 1 atom stereocenters. The normalized spacial score (nSPS) is 22.5. The van der Waals surface area contributed by atoms with Crippen molar-refractivity contribution in [3.63, 3.8) is 0 Å². The van der Waals surface area contributed by atoms with Crippen molar-refractivity contribution in [1.29, 1.82) is 0 Å². The summed E-state index contributed by atoms with van der Waals surface area (Å²) in [7, 11) is 0. The van der Waals surface area contributed by atoms with Gasteiger partial charge in [0, 0.05) is 12.1 Å². The van der Waals surface area contributed by atoms with E-state index in [-0.39, 0.29) is 18.2 Å². The molecule has 4 nitrogen and oxygen atoms in total. The van der Waals surface area contributed by atoms with Crippen LogP contribution in [-0.4, -0.2) is 24.1 Å². The molecule has 0 amide bonds. The predicted octanol–water partition coefficient (Wildman–Crippen LogP) is 2.05. The summed E-state index contributed by atoms with van der Waals surface area (Å²) in [6.45, 7) is 2.03. The Kier molecular flexibility index (Phi) is 4.63. The lowest BCUT2D eigenvalue weighted by Crippen LogP contribution is -2.47. The van der Waals surface area contributed by atoms with Gasteiger partial charge in [-0.1, -0.05) is 5.59 Å². The summed E-state index contributed by atoms with van der Waals surface area (Å²) in [5.74, 6) is 0.485. The van der Waals surface area contributed by atoms with Crippen LogP contribution in [-0.2, 0) is 4.84 Å². The van der Waals surface area contributed by atoms with Crippen LogP contribution in [0.25, 0.3) is 5.76 Å². The maximum Gasteiger partial charge on any atom is 0.174 e. The number of piperidine rings is 1. The molecule has 6 heteroatoms. The average molecular weight is 286 g/mol. The maximum absolute atomic E-state index is 12.8. The minimum absolute atomic E-state index is 0. The van der Waals surface area contributed by atoms with Gasteiger partial charge in [-0.15, -0.1) is 12.4 Å². The minimum Gasteiger partial charge on any atom is -0.387 e. The fourth-order valence-corrected chi connectivity index (χ4v) is 2.28. The van der Waals surface area contributed by atoms with Crippen LogP contribution >= 0.6 is 12.4 Å². The van der Waals surface area contributed by atoms with Gasteiger partial charge in [0.2, 0.25) is 0 Å². The van der Waals surface area contributed by atoms with E-state index in [0.29, 0.717) is 6.04 Å². The zero-order valence-electron chi connectivity index (χ0n) is 10.4. The fourth-order valence-electron chi connectivity index (χ4n) is 2.28. The molecule has 1 fully saturated rings. The molecular weight excluding hydrogens is 269 g/mol. The zero-order chi connectivity index (χ0) is 12.4. The molecule has 2 heterocycles. The van der Waals surface area contributed by atoms with Gasteiger partial charge in [-0.05, 0) is 43.7 Å². The number of nitrogens with zero attached hydrogens (tertiary/aromatic N) is 1. The largest absolute Gasteiger partial charge is 0.387 e. The number of rotatable bonds is 2. The summed E-state index contributed by atoms with van der Waals surface area (Å²) < 4.78 is 12.8. The summed E-state index contributed by atoms with van der Waals surface area (Å²) >= 11 is 0. The molecule has 104 valence electrons. The van der Waals surface area contributed by atoms with E-state index >= 15 is 0 Å². The van der Waals surface area contributed by atoms with E-state index in [2.05, 4.69) is 10.9 Å². The van der Waals surface area contributed by atoms with Crippen LogP contribution in [0.1, 0.15) is 18.4 Å². The van der Waals surface area contributed by atoms with Crippen molar-refractivity contribution in [2.75, 3.05) is 13.1 Å². The molecule has 19 heavy (non-hydrogen) atoms. The molecule has 0 aliphatic carbocycles. The molecule has 1 aromatic rings. The van der Waals surface area contributed by atoms with Gasteiger partial charge in [0.25, 0.3) is 0 Å². The number of halogens is 2. The standard InChI is InChI=1S/C13H16FN3O.ClH/c14-11-5-3-10(4-6-11)13-9-17(16-18-13)12-2-1-7-15-8-12;/h3-6,9,12,15-16H,1-2,7-8H2;1H/t12-;/m0./s1. The van der Waals surface area contributed by atoms with Gasteiger partial charge in [0.05, 0.1) is 12.2 Å². The Balaban J connectivity index is 0.00000133. The number of hydrogen-bond acceptors (Lipinski definition) is 4.